The van der Waals surface area contributed by atoms with Crippen molar-refractivity contribution in [3.8, 4) is 11.5 Å². The standard InChI is InChI=1S/C31H32F2N4O8.C24H30N4O7.C7H3ClF2O/c1-36(2)18-5-6-19(38)20-16(18)10-30(12-35-29(44)13-7-14(32)9-15(33)8-13)11-17-23(37(3)4)25(40)21(28(34)43)26(41)31(17,45)27(42)22(30)24(20)39;1-27(2)12-5-6-13(29)14-10(12)7-23(9-25)8-11-17(28(3)4)19(31)15(22(26)34)20(32)24(11,35)21(33)16(23)18(14)30;8-7(11)4-1-5(9)3-6(10)2-4/h5-9,17,23,38-39,41,45H,10-12H2,1-4H3,(H2,34,43)(H,35,44);5-6,11,17,29-30,32,35H,7-9,25H2,1-4H3,(H2,26,34);1-3H/t17-,23-,30-,31+;11-,17-,23-,24+;/m00./s1. The molecule has 4 aromatic carbocycles. The Balaban J connectivity index is 0.000000205. The van der Waals surface area contributed by atoms with Crippen molar-refractivity contribution in [2.24, 2.45) is 39.9 Å². The number of anilines is 2. The molecule has 24 nitrogen and oxygen atoms in total. The van der Waals surface area contributed by atoms with Gasteiger partial charge in [0.1, 0.15) is 69.0 Å². The van der Waals surface area contributed by atoms with Crippen LogP contribution < -0.4 is 32.3 Å². The number of carbonyl (C=O) groups is 8. The third-order valence-corrected chi connectivity index (χ3v) is 18.0. The number of phenols is 2. The van der Waals surface area contributed by atoms with Gasteiger partial charge >= 0.3 is 0 Å². The van der Waals surface area contributed by atoms with Gasteiger partial charge in [-0.1, -0.05) is 0 Å². The second-order valence-electron chi connectivity index (χ2n) is 24.1. The number of aliphatic hydroxyl groups excluding tert-OH is 4. The number of halogens is 5. The number of Topliss-reactive ketones (excluding diaryl/α,β-unsaturated/α-hetero) is 4. The second kappa shape index (κ2) is 24.2. The average Bonchev–Trinajstić information content (AvgIpc) is 0.694. The highest BCUT2D eigenvalue weighted by atomic mass is 35.5. The molecule has 10 rings (SSSR count). The van der Waals surface area contributed by atoms with Crippen LogP contribution in [0.2, 0.25) is 0 Å². The Hall–Kier alpha value is -9.19. The number of likely N-dealkylation sites (N-methyl/N-ethyl adjacent to an activating group) is 2. The largest absolute Gasteiger partial charge is 0.508 e. The molecule has 6 aliphatic carbocycles. The zero-order chi connectivity index (χ0) is 68.0. The summed E-state index contributed by atoms with van der Waals surface area (Å²) in [7, 11) is 13.0. The molecule has 29 heteroatoms. The number of primary amides is 2. The molecule has 0 heterocycles. The second-order valence-corrected chi connectivity index (χ2v) is 24.4. The third-order valence-electron chi connectivity index (χ3n) is 17.8. The number of aliphatic hydroxyl groups is 6. The minimum atomic E-state index is -2.91. The van der Waals surface area contributed by atoms with Gasteiger partial charge in [-0.05, 0) is 125 Å². The minimum Gasteiger partial charge on any atom is -0.508 e. The van der Waals surface area contributed by atoms with Crippen LogP contribution in [0.4, 0.5) is 28.9 Å². The fourth-order valence-corrected chi connectivity index (χ4v) is 14.0. The van der Waals surface area contributed by atoms with E-state index in [1.165, 1.54) is 36.0 Å². The predicted molar refractivity (Wildman–Crippen MR) is 319 cm³/mol. The fraction of sp³-hybridized carbons (Fsp3) is 0.355. The van der Waals surface area contributed by atoms with Gasteiger partial charge < -0.3 is 73.2 Å². The molecule has 6 aliphatic rings. The van der Waals surface area contributed by atoms with Crippen molar-refractivity contribution >= 4 is 80.6 Å². The highest BCUT2D eigenvalue weighted by Gasteiger charge is 2.69. The molecular weight excluding hydrogens is 1220 g/mol. The number of hydrogen-bond acceptors (Lipinski definition) is 21. The number of rotatable bonds is 11. The minimum absolute atomic E-state index is 0.0281. The maximum atomic E-state index is 14.5. The lowest BCUT2D eigenvalue weighted by atomic mass is 9.51. The van der Waals surface area contributed by atoms with E-state index in [1.54, 1.807) is 64.2 Å². The molecule has 4 aromatic rings. The topological polar surface area (TPSA) is 401 Å². The van der Waals surface area contributed by atoms with Crippen molar-refractivity contribution in [1.29, 1.82) is 0 Å². The first-order valence-corrected chi connectivity index (χ1v) is 28.1. The number of aromatic hydroxyl groups is 2. The SMILES string of the molecule is CN(C)c1ccc(O)c2c1C[C@@]1(CN)C[C@H]3[C@H](N(C)C)C(=O)C(C(N)=O)=C(O)[C@@]3(O)C(=O)C1=C2O.CN(C)c1ccc(O)c2c1C[C@@]1(CNC(=O)c3cc(F)cc(F)c3)C[C@H]3[C@H](N(C)C)C(=O)C(C(N)=O)=C(O)[C@@]3(O)C(=O)C1=C2O.O=C(Cl)c1cc(F)cc(F)c1. The van der Waals surface area contributed by atoms with Gasteiger partial charge in [0.15, 0.2) is 22.8 Å². The number of nitrogens with zero attached hydrogens (tertiary/aromatic N) is 4. The first-order chi connectivity index (χ1) is 42.3. The molecular formula is C62H65ClF4N8O16. The van der Waals surface area contributed by atoms with Gasteiger partial charge in [-0.15, -0.1) is 0 Å². The lowest BCUT2D eigenvalue weighted by Crippen LogP contribution is -2.68. The Kier molecular flexibility index (Phi) is 18.0. The van der Waals surface area contributed by atoms with E-state index in [4.69, 9.17) is 28.8 Å². The normalized spacial score (nSPS) is 25.6. The monoisotopic (exact) mass is 1290 g/mol. The van der Waals surface area contributed by atoms with Gasteiger partial charge in [-0.3, -0.25) is 48.2 Å². The third kappa shape index (κ3) is 11.0. The van der Waals surface area contributed by atoms with E-state index in [2.05, 4.69) is 5.32 Å². The number of phenolic OH excluding ortho intramolecular Hbond substituents is 2. The van der Waals surface area contributed by atoms with Crippen molar-refractivity contribution in [1.82, 2.24) is 15.1 Å². The zero-order valence-corrected chi connectivity index (χ0v) is 50.8. The Morgan fingerprint density at radius 3 is 1.26 bits per heavy atom. The van der Waals surface area contributed by atoms with E-state index in [-0.39, 0.29) is 65.8 Å². The first kappa shape index (κ1) is 67.7. The predicted octanol–water partition coefficient (Wildman–Crippen LogP) is 2.81. The van der Waals surface area contributed by atoms with E-state index in [1.807, 2.05) is 0 Å². The summed E-state index contributed by atoms with van der Waals surface area (Å²) in [6.45, 7) is -0.584. The summed E-state index contributed by atoms with van der Waals surface area (Å²) in [4.78, 5) is 109. The fourth-order valence-electron chi connectivity index (χ4n) is 13.9. The zero-order valence-electron chi connectivity index (χ0n) is 50.1. The van der Waals surface area contributed by atoms with E-state index >= 15 is 0 Å². The molecule has 8 atom stereocenters. The first-order valence-electron chi connectivity index (χ1n) is 27.7. The summed E-state index contributed by atoms with van der Waals surface area (Å²) in [6, 6.07) is 8.02. The van der Waals surface area contributed by atoms with Gasteiger partial charge in [0.2, 0.25) is 11.6 Å². The smallest absolute Gasteiger partial charge is 0.255 e. The van der Waals surface area contributed by atoms with E-state index in [9.17, 15) is 96.8 Å². The van der Waals surface area contributed by atoms with E-state index in [0.717, 1.165) is 24.3 Å². The van der Waals surface area contributed by atoms with Crippen LogP contribution in [0.1, 0.15) is 55.8 Å². The molecule has 484 valence electrons. The van der Waals surface area contributed by atoms with Gasteiger partial charge in [0.05, 0.1) is 23.2 Å². The van der Waals surface area contributed by atoms with Gasteiger partial charge in [0.25, 0.3) is 23.0 Å². The Bertz CT molecular complexity index is 3960. The average molecular weight is 1290 g/mol. The molecule has 0 aliphatic heterocycles. The molecule has 0 unspecified atom stereocenters. The number of hydrogen-bond donors (Lipinski definition) is 12. The summed E-state index contributed by atoms with van der Waals surface area (Å²) in [6.07, 6.45) is -0.419. The quantitative estimate of drug-likeness (QED) is 0.0583. The summed E-state index contributed by atoms with van der Waals surface area (Å²) < 4.78 is 52.5. The molecule has 15 N–H and O–H groups in total. The number of carbonyl (C=O) groups excluding carboxylic acids is 8. The van der Waals surface area contributed by atoms with Crippen LogP contribution in [0, 0.1) is 45.9 Å². The van der Waals surface area contributed by atoms with Gasteiger partial charge in [0, 0.05) is 110 Å². The number of ketones is 4. The van der Waals surface area contributed by atoms with Crippen molar-refractivity contribution < 1.29 is 96.8 Å². The molecule has 0 bridgehead atoms. The summed E-state index contributed by atoms with van der Waals surface area (Å²) in [5.41, 5.74) is 7.41. The number of nitrogens with two attached hydrogens (primary N) is 3. The lowest BCUT2D eigenvalue weighted by Gasteiger charge is -2.55. The van der Waals surface area contributed by atoms with Crippen LogP contribution in [-0.2, 0) is 41.6 Å². The molecule has 3 amide bonds. The highest BCUT2D eigenvalue weighted by molar-refractivity contribution is 6.67. The Labute approximate surface area is 521 Å². The Morgan fingerprint density at radius 1 is 0.571 bits per heavy atom. The number of fused-ring (bicyclic) bond motifs is 6. The van der Waals surface area contributed by atoms with Gasteiger partial charge in [-0.25, -0.2) is 17.6 Å². The van der Waals surface area contributed by atoms with Crippen molar-refractivity contribution in [3.63, 3.8) is 0 Å². The van der Waals surface area contributed by atoms with Crippen molar-refractivity contribution in [3.05, 3.63) is 151 Å². The lowest BCUT2D eigenvalue weighted by molar-refractivity contribution is -0.158. The van der Waals surface area contributed by atoms with Crippen LogP contribution in [-0.4, -0.2) is 190 Å². The molecule has 91 heavy (non-hydrogen) atoms. The number of benzene rings is 4. The summed E-state index contributed by atoms with van der Waals surface area (Å²) >= 11 is 4.97. The van der Waals surface area contributed by atoms with Crippen molar-refractivity contribution in [2.45, 2.75) is 49.0 Å². The summed E-state index contributed by atoms with van der Waals surface area (Å²) in [5, 5.41) is 92.0. The summed E-state index contributed by atoms with van der Waals surface area (Å²) in [5.74, 6) is -18.4. The molecule has 2 fully saturated rings. The maximum absolute atomic E-state index is 14.5. The van der Waals surface area contributed by atoms with E-state index < -0.39 is 167 Å². The van der Waals surface area contributed by atoms with E-state index in [0.29, 0.717) is 34.6 Å². The van der Waals surface area contributed by atoms with Crippen LogP contribution in [0.5, 0.6) is 11.5 Å². The number of amides is 3. The Morgan fingerprint density at radius 2 is 0.923 bits per heavy atom. The van der Waals surface area contributed by atoms with Crippen LogP contribution >= 0.6 is 11.6 Å². The van der Waals surface area contributed by atoms with Gasteiger partial charge in [-0.2, -0.15) is 0 Å². The molecule has 2 saturated carbocycles. The maximum Gasteiger partial charge on any atom is 0.255 e. The van der Waals surface area contributed by atoms with Crippen LogP contribution in [0.3, 0.4) is 0 Å². The molecule has 0 radical (unpaired) electrons. The number of nitrogens with one attached hydrogen (secondary N) is 1. The van der Waals surface area contributed by atoms with Crippen LogP contribution in [0.15, 0.2) is 94.5 Å². The molecule has 0 aromatic heterocycles. The van der Waals surface area contributed by atoms with Crippen molar-refractivity contribution in [2.75, 3.05) is 79.3 Å². The highest BCUT2D eigenvalue weighted by Crippen LogP contribution is 2.61. The van der Waals surface area contributed by atoms with Crippen LogP contribution in [0.25, 0.3) is 11.5 Å². The molecule has 0 saturated heterocycles. The molecule has 0 spiro atoms.